The number of likely N-dealkylation sites (tertiary alicyclic amines) is 1. The molecule has 182 valence electrons. The van der Waals surface area contributed by atoms with E-state index in [0.717, 1.165) is 74.9 Å². The quantitative estimate of drug-likeness (QED) is 0.581. The predicted octanol–water partition coefficient (Wildman–Crippen LogP) is 4.27. The summed E-state index contributed by atoms with van der Waals surface area (Å²) in [6.45, 7) is 5.88. The van der Waals surface area contributed by atoms with Crippen LogP contribution >= 0.6 is 0 Å². The van der Waals surface area contributed by atoms with E-state index in [4.69, 9.17) is 0 Å². The van der Waals surface area contributed by atoms with Crippen LogP contribution in [0.2, 0.25) is 0 Å². The van der Waals surface area contributed by atoms with Crippen molar-refractivity contribution in [2.24, 2.45) is 0 Å². The Labute approximate surface area is 199 Å². The smallest absolute Gasteiger partial charge is 0.246 e. The van der Waals surface area contributed by atoms with Gasteiger partial charge in [-0.1, -0.05) is 0 Å². The number of piperidine rings is 2. The van der Waals surface area contributed by atoms with Crippen LogP contribution < -0.4 is 10.2 Å². The number of anilines is 3. The van der Waals surface area contributed by atoms with Crippen molar-refractivity contribution in [1.82, 2.24) is 19.7 Å². The number of β-amino-alcohol motifs (C(OH)–C–C–N with tert-alkyl or cyclic N) is 1. The molecule has 0 aliphatic carbocycles. The summed E-state index contributed by atoms with van der Waals surface area (Å²) in [5, 5.41) is 17.5. The fourth-order valence-corrected chi connectivity index (χ4v) is 5.07. The van der Waals surface area contributed by atoms with Crippen LogP contribution in [0.3, 0.4) is 0 Å². The topological polar surface area (TPSA) is 69.5 Å². The van der Waals surface area contributed by atoms with Gasteiger partial charge in [-0.3, -0.25) is 4.90 Å². The second kappa shape index (κ2) is 9.68. The van der Waals surface area contributed by atoms with Gasteiger partial charge in [0.2, 0.25) is 5.95 Å². The summed E-state index contributed by atoms with van der Waals surface area (Å²) in [5.41, 5.74) is 3.39. The predicted molar refractivity (Wildman–Crippen MR) is 130 cm³/mol. The highest BCUT2D eigenvalue weighted by Gasteiger charge is 2.28. The molecule has 2 aliphatic heterocycles. The fourth-order valence-electron chi connectivity index (χ4n) is 5.07. The van der Waals surface area contributed by atoms with Gasteiger partial charge in [0, 0.05) is 44.5 Å². The maximum absolute atomic E-state index is 13.5. The molecule has 0 radical (unpaired) electrons. The number of aliphatic hydroxyl groups excluding tert-OH is 1. The van der Waals surface area contributed by atoms with Crippen LogP contribution in [0.5, 0.6) is 0 Å². The number of rotatable bonds is 5. The molecular weight excluding hydrogens is 438 g/mol. The Hall–Kier alpha value is -3.04. The van der Waals surface area contributed by atoms with Gasteiger partial charge >= 0.3 is 0 Å². The Bertz CT molecular complexity index is 1130. The number of aliphatic hydroxyl groups is 1. The first kappa shape index (κ1) is 22.7. The van der Waals surface area contributed by atoms with Crippen molar-refractivity contribution < 1.29 is 15.3 Å². The number of hydrogen-bond acceptors (Lipinski definition) is 6. The van der Waals surface area contributed by atoms with Crippen molar-refractivity contribution in [3.63, 3.8) is 0 Å². The number of hydrogen-bond donors (Lipinski definition) is 2. The highest BCUT2D eigenvalue weighted by atomic mass is 19.1. The molecule has 1 aromatic heterocycles. The molecular formula is C25H32F2N6O. The average molecular weight is 471 g/mol. The van der Waals surface area contributed by atoms with Crippen molar-refractivity contribution in [2.75, 3.05) is 36.4 Å². The largest absolute Gasteiger partial charge is 0.392 e. The number of aromatic nitrogens is 3. The van der Waals surface area contributed by atoms with Crippen LogP contribution in [0.4, 0.5) is 26.1 Å². The summed E-state index contributed by atoms with van der Waals surface area (Å²) >= 11 is 0. The van der Waals surface area contributed by atoms with Gasteiger partial charge in [0.25, 0.3) is 0 Å². The molecule has 2 fully saturated rings. The molecule has 34 heavy (non-hydrogen) atoms. The van der Waals surface area contributed by atoms with Crippen LogP contribution in [0, 0.1) is 18.6 Å². The number of benzene rings is 2. The highest BCUT2D eigenvalue weighted by Crippen LogP contribution is 2.28. The van der Waals surface area contributed by atoms with Gasteiger partial charge in [-0.25, -0.2) is 13.5 Å². The molecule has 0 spiro atoms. The number of nitrogens with one attached hydrogen (secondary N) is 1. The minimum absolute atomic E-state index is 0. The summed E-state index contributed by atoms with van der Waals surface area (Å²) in [6, 6.07) is 10.1. The van der Waals surface area contributed by atoms with Crippen LogP contribution in [0.25, 0.3) is 5.69 Å². The number of aryl methyl sites for hydroxylation is 1. The Morgan fingerprint density at radius 3 is 2.47 bits per heavy atom. The molecule has 1 atom stereocenters. The Morgan fingerprint density at radius 1 is 0.971 bits per heavy atom. The van der Waals surface area contributed by atoms with Crippen molar-refractivity contribution in [3.05, 3.63) is 59.9 Å². The zero-order chi connectivity index (χ0) is 23.7. The van der Waals surface area contributed by atoms with Crippen molar-refractivity contribution >= 4 is 17.3 Å². The zero-order valence-corrected chi connectivity index (χ0v) is 19.3. The molecule has 0 amide bonds. The highest BCUT2D eigenvalue weighted by molar-refractivity contribution is 5.64. The molecule has 7 nitrogen and oxygen atoms in total. The van der Waals surface area contributed by atoms with E-state index in [-0.39, 0.29) is 13.2 Å². The molecule has 2 aromatic carbocycles. The first-order chi connectivity index (χ1) is 16.4. The lowest BCUT2D eigenvalue weighted by atomic mass is 9.98. The third-order valence-corrected chi connectivity index (χ3v) is 6.70. The standard InChI is InChI=1S/C25H30F2N6O.H2/c1-17-9-20(29-25-28-16-33(30-25)23-12-18(26)11-19(27)13-23)14-22(10-17)31-7-4-21(5-8-31)32-6-2-3-24(34)15-32;/h9-14,16,21,24,34H,2-8,15H2,1H3,(H,29,30);1H. The molecule has 9 heteroatoms. The van der Waals surface area contributed by atoms with Crippen LogP contribution in [-0.2, 0) is 0 Å². The first-order valence-corrected chi connectivity index (χ1v) is 11.9. The molecule has 3 aromatic rings. The van der Waals surface area contributed by atoms with Gasteiger partial charge in [-0.15, -0.1) is 5.10 Å². The van der Waals surface area contributed by atoms with Gasteiger partial charge in [-0.2, -0.15) is 4.98 Å². The molecule has 3 heterocycles. The second-order valence-electron chi connectivity index (χ2n) is 9.33. The SMILES string of the molecule is Cc1cc(Nc2ncn(-c3cc(F)cc(F)c3)n2)cc(N2CCC(N3CCCC(O)C3)CC2)c1.[HH]. The van der Waals surface area contributed by atoms with E-state index in [0.29, 0.717) is 12.0 Å². The van der Waals surface area contributed by atoms with E-state index in [9.17, 15) is 13.9 Å². The summed E-state index contributed by atoms with van der Waals surface area (Å²) in [6.07, 6.45) is 5.40. The van der Waals surface area contributed by atoms with E-state index >= 15 is 0 Å². The monoisotopic (exact) mass is 470 g/mol. The van der Waals surface area contributed by atoms with Gasteiger partial charge in [0.15, 0.2) is 0 Å². The van der Waals surface area contributed by atoms with Crippen molar-refractivity contribution in [1.29, 1.82) is 0 Å². The maximum Gasteiger partial charge on any atom is 0.246 e. The van der Waals surface area contributed by atoms with Crippen LogP contribution in [0.15, 0.2) is 42.7 Å². The lowest BCUT2D eigenvalue weighted by Crippen LogP contribution is -2.49. The Balaban J connectivity index is 0.00000289. The zero-order valence-electron chi connectivity index (χ0n) is 19.3. The first-order valence-electron chi connectivity index (χ1n) is 11.9. The third kappa shape index (κ3) is 5.20. The minimum atomic E-state index is -0.663. The molecule has 2 aliphatic rings. The second-order valence-corrected chi connectivity index (χ2v) is 9.33. The van der Waals surface area contributed by atoms with E-state index in [1.165, 1.54) is 23.1 Å². The van der Waals surface area contributed by atoms with Crippen molar-refractivity contribution in [3.8, 4) is 5.69 Å². The minimum Gasteiger partial charge on any atom is -0.392 e. The Kier molecular flexibility index (Phi) is 6.47. The van der Waals surface area contributed by atoms with Gasteiger partial charge in [-0.05, 0) is 75.0 Å². The molecule has 0 bridgehead atoms. The van der Waals surface area contributed by atoms with Gasteiger partial charge in [0.05, 0.1) is 11.8 Å². The molecule has 2 N–H and O–H groups in total. The lowest BCUT2D eigenvalue weighted by Gasteiger charge is -2.42. The average Bonchev–Trinajstić information content (AvgIpc) is 3.27. The molecule has 2 saturated heterocycles. The summed E-state index contributed by atoms with van der Waals surface area (Å²) in [7, 11) is 0. The van der Waals surface area contributed by atoms with Crippen molar-refractivity contribution in [2.45, 2.75) is 44.8 Å². The van der Waals surface area contributed by atoms with E-state index in [1.54, 1.807) is 0 Å². The van der Waals surface area contributed by atoms with Crippen LogP contribution in [0.1, 0.15) is 32.7 Å². The molecule has 1 unspecified atom stereocenters. The fraction of sp³-hybridized carbons (Fsp3) is 0.440. The van der Waals surface area contributed by atoms with Gasteiger partial charge < -0.3 is 15.3 Å². The van der Waals surface area contributed by atoms with E-state index in [1.807, 2.05) is 6.07 Å². The van der Waals surface area contributed by atoms with Crippen LogP contribution in [-0.4, -0.2) is 63.1 Å². The van der Waals surface area contributed by atoms with Gasteiger partial charge in [0.1, 0.15) is 18.0 Å². The summed E-state index contributed by atoms with van der Waals surface area (Å²) in [4.78, 5) is 9.10. The summed E-state index contributed by atoms with van der Waals surface area (Å²) in [5.74, 6) is -0.976. The normalized spacial score (nSPS) is 20.0. The number of nitrogens with zero attached hydrogens (tertiary/aromatic N) is 5. The number of halogens is 2. The third-order valence-electron chi connectivity index (χ3n) is 6.70. The Morgan fingerprint density at radius 2 is 1.74 bits per heavy atom. The molecule has 5 rings (SSSR count). The van der Waals surface area contributed by atoms with E-state index in [2.05, 4.69) is 44.3 Å². The summed E-state index contributed by atoms with van der Waals surface area (Å²) < 4.78 is 28.4. The van der Waals surface area contributed by atoms with E-state index < -0.39 is 11.6 Å². The molecule has 0 saturated carbocycles. The maximum atomic E-state index is 13.5. The lowest BCUT2D eigenvalue weighted by molar-refractivity contribution is 0.0398.